The number of hydrogen-bond donors (Lipinski definition) is 0. The SMILES string of the molecule is C/C=C1C=CC/1=C\C. The molecule has 0 heterocycles. The summed E-state index contributed by atoms with van der Waals surface area (Å²) in [5.41, 5.74) is 2.74. The number of hydrogen-bond acceptors (Lipinski definition) is 0. The molecule has 0 radical (unpaired) electrons. The minimum atomic E-state index is 1.37. The Kier molecular flexibility index (Phi) is 1.34. The Bertz CT molecular complexity index is 148. The van der Waals surface area contributed by atoms with Crippen LogP contribution >= 0.6 is 0 Å². The molecule has 0 aromatic rings. The quantitative estimate of drug-likeness (QED) is 0.445. The molecule has 42 valence electrons. The summed E-state index contributed by atoms with van der Waals surface area (Å²) in [5, 5.41) is 0. The Morgan fingerprint density at radius 3 is 1.50 bits per heavy atom. The van der Waals surface area contributed by atoms with E-state index < -0.39 is 0 Å². The standard InChI is InChI=1S/C8H10/c1-3-7-5-6-8(7)4-2/h3-6H,1-2H3/b7-3-,8-4+. The molecule has 0 fully saturated rings. The van der Waals surface area contributed by atoms with E-state index in [0.717, 1.165) is 0 Å². The van der Waals surface area contributed by atoms with Gasteiger partial charge in [0.25, 0.3) is 0 Å². The molecule has 0 nitrogen and oxygen atoms in total. The maximum absolute atomic E-state index is 2.12. The van der Waals surface area contributed by atoms with Gasteiger partial charge in [-0.15, -0.1) is 0 Å². The fraction of sp³-hybridized carbons (Fsp3) is 0.250. The zero-order valence-corrected chi connectivity index (χ0v) is 5.31. The highest BCUT2D eigenvalue weighted by Gasteiger charge is 2.02. The second-order valence-corrected chi connectivity index (χ2v) is 1.82. The molecule has 8 heavy (non-hydrogen) atoms. The van der Waals surface area contributed by atoms with Crippen molar-refractivity contribution in [1.82, 2.24) is 0 Å². The van der Waals surface area contributed by atoms with Crippen molar-refractivity contribution in [2.75, 3.05) is 0 Å². The van der Waals surface area contributed by atoms with Crippen LogP contribution in [0.1, 0.15) is 13.8 Å². The minimum absolute atomic E-state index is 1.37. The van der Waals surface area contributed by atoms with Gasteiger partial charge in [-0.05, 0) is 25.0 Å². The van der Waals surface area contributed by atoms with Crippen LogP contribution < -0.4 is 0 Å². The van der Waals surface area contributed by atoms with Crippen LogP contribution in [0.3, 0.4) is 0 Å². The molecule has 0 atom stereocenters. The lowest BCUT2D eigenvalue weighted by atomic mass is 9.95. The van der Waals surface area contributed by atoms with Crippen molar-refractivity contribution < 1.29 is 0 Å². The third-order valence-electron chi connectivity index (χ3n) is 1.40. The molecular formula is C8H10. The molecule has 0 unspecified atom stereocenters. The van der Waals surface area contributed by atoms with E-state index in [1.807, 2.05) is 0 Å². The Hall–Kier alpha value is -0.780. The summed E-state index contributed by atoms with van der Waals surface area (Å²) in [4.78, 5) is 0. The van der Waals surface area contributed by atoms with Gasteiger partial charge in [-0.1, -0.05) is 24.3 Å². The van der Waals surface area contributed by atoms with Crippen LogP contribution in [0.15, 0.2) is 35.5 Å². The molecule has 0 saturated heterocycles. The van der Waals surface area contributed by atoms with Gasteiger partial charge in [-0.25, -0.2) is 0 Å². The Balaban J connectivity index is 2.83. The van der Waals surface area contributed by atoms with Gasteiger partial charge >= 0.3 is 0 Å². The van der Waals surface area contributed by atoms with Crippen molar-refractivity contribution in [3.63, 3.8) is 0 Å². The van der Waals surface area contributed by atoms with E-state index >= 15 is 0 Å². The van der Waals surface area contributed by atoms with E-state index in [2.05, 4.69) is 38.2 Å². The van der Waals surface area contributed by atoms with E-state index in [4.69, 9.17) is 0 Å². The van der Waals surface area contributed by atoms with Gasteiger partial charge in [0.15, 0.2) is 0 Å². The predicted molar refractivity (Wildman–Crippen MR) is 36.7 cm³/mol. The molecule has 1 rings (SSSR count). The summed E-state index contributed by atoms with van der Waals surface area (Å²) >= 11 is 0. The van der Waals surface area contributed by atoms with Gasteiger partial charge in [0, 0.05) is 0 Å². The monoisotopic (exact) mass is 106 g/mol. The molecule has 0 aromatic carbocycles. The fourth-order valence-electron chi connectivity index (χ4n) is 0.802. The Morgan fingerprint density at radius 1 is 1.00 bits per heavy atom. The number of allylic oxidation sites excluding steroid dienone is 6. The van der Waals surface area contributed by atoms with E-state index in [-0.39, 0.29) is 0 Å². The minimum Gasteiger partial charge on any atom is -0.0798 e. The largest absolute Gasteiger partial charge is 0.0798 e. The highest BCUT2D eigenvalue weighted by Crippen LogP contribution is 2.22. The van der Waals surface area contributed by atoms with Gasteiger partial charge in [-0.3, -0.25) is 0 Å². The first-order valence-corrected chi connectivity index (χ1v) is 2.89. The molecule has 0 N–H and O–H groups in total. The molecule has 0 bridgehead atoms. The first kappa shape index (κ1) is 5.36. The van der Waals surface area contributed by atoms with Crippen LogP contribution in [0.4, 0.5) is 0 Å². The molecular weight excluding hydrogens is 96.1 g/mol. The molecule has 0 amide bonds. The molecule has 1 aliphatic carbocycles. The lowest BCUT2D eigenvalue weighted by molar-refractivity contribution is 1.40. The van der Waals surface area contributed by atoms with Crippen molar-refractivity contribution in [2.45, 2.75) is 13.8 Å². The van der Waals surface area contributed by atoms with Crippen LogP contribution in [-0.4, -0.2) is 0 Å². The lowest BCUT2D eigenvalue weighted by Crippen LogP contribution is -1.90. The third kappa shape index (κ3) is 0.623. The highest BCUT2D eigenvalue weighted by molar-refractivity contribution is 5.56. The van der Waals surface area contributed by atoms with Crippen molar-refractivity contribution in [3.05, 3.63) is 35.5 Å². The van der Waals surface area contributed by atoms with Crippen molar-refractivity contribution in [1.29, 1.82) is 0 Å². The fourth-order valence-corrected chi connectivity index (χ4v) is 0.802. The summed E-state index contributed by atoms with van der Waals surface area (Å²) in [5.74, 6) is 0. The molecule has 0 spiro atoms. The zero-order chi connectivity index (χ0) is 5.98. The topological polar surface area (TPSA) is 0 Å². The predicted octanol–water partition coefficient (Wildman–Crippen LogP) is 2.45. The average Bonchev–Trinajstić information content (AvgIpc) is 1.66. The maximum atomic E-state index is 2.12. The molecule has 0 aliphatic heterocycles. The Labute approximate surface area is 50.2 Å². The van der Waals surface area contributed by atoms with Crippen LogP contribution in [0.2, 0.25) is 0 Å². The van der Waals surface area contributed by atoms with Crippen LogP contribution in [-0.2, 0) is 0 Å². The van der Waals surface area contributed by atoms with Crippen molar-refractivity contribution in [2.24, 2.45) is 0 Å². The van der Waals surface area contributed by atoms with E-state index in [1.165, 1.54) is 11.1 Å². The Morgan fingerprint density at radius 2 is 1.38 bits per heavy atom. The highest BCUT2D eigenvalue weighted by atomic mass is 14.1. The molecule has 1 aliphatic rings. The number of rotatable bonds is 0. The maximum Gasteiger partial charge on any atom is -0.0230 e. The summed E-state index contributed by atoms with van der Waals surface area (Å²) < 4.78 is 0. The van der Waals surface area contributed by atoms with Gasteiger partial charge in [0.2, 0.25) is 0 Å². The van der Waals surface area contributed by atoms with Crippen LogP contribution in [0.25, 0.3) is 0 Å². The van der Waals surface area contributed by atoms with E-state index in [9.17, 15) is 0 Å². The average molecular weight is 106 g/mol. The van der Waals surface area contributed by atoms with Crippen LogP contribution in [0.5, 0.6) is 0 Å². The second-order valence-electron chi connectivity index (χ2n) is 1.82. The molecule has 0 aromatic heterocycles. The second kappa shape index (κ2) is 1.99. The summed E-state index contributed by atoms with van der Waals surface area (Å²) in [7, 11) is 0. The summed E-state index contributed by atoms with van der Waals surface area (Å²) in [6.45, 7) is 4.12. The third-order valence-corrected chi connectivity index (χ3v) is 1.40. The van der Waals surface area contributed by atoms with Gasteiger partial charge < -0.3 is 0 Å². The van der Waals surface area contributed by atoms with E-state index in [1.54, 1.807) is 0 Å². The van der Waals surface area contributed by atoms with E-state index in [0.29, 0.717) is 0 Å². The molecule has 0 heteroatoms. The normalized spacial score (nSPS) is 26.8. The first-order valence-electron chi connectivity index (χ1n) is 2.89. The van der Waals surface area contributed by atoms with Gasteiger partial charge in [0.1, 0.15) is 0 Å². The van der Waals surface area contributed by atoms with Gasteiger partial charge in [0.05, 0.1) is 0 Å². The smallest absolute Gasteiger partial charge is 0.0230 e. The van der Waals surface area contributed by atoms with Crippen LogP contribution in [0, 0.1) is 0 Å². The molecule has 0 saturated carbocycles. The van der Waals surface area contributed by atoms with Crippen molar-refractivity contribution >= 4 is 0 Å². The van der Waals surface area contributed by atoms with Gasteiger partial charge in [-0.2, -0.15) is 0 Å². The lowest BCUT2D eigenvalue weighted by Gasteiger charge is -2.10. The van der Waals surface area contributed by atoms with Crippen molar-refractivity contribution in [3.8, 4) is 0 Å². The zero-order valence-electron chi connectivity index (χ0n) is 5.31. The first-order chi connectivity index (χ1) is 3.88. The summed E-state index contributed by atoms with van der Waals surface area (Å²) in [6.07, 6.45) is 8.48. The summed E-state index contributed by atoms with van der Waals surface area (Å²) in [6, 6.07) is 0.